The van der Waals surface area contributed by atoms with E-state index in [2.05, 4.69) is 5.32 Å². The van der Waals surface area contributed by atoms with Crippen LogP contribution in [0.15, 0.2) is 12.1 Å². The summed E-state index contributed by atoms with van der Waals surface area (Å²) in [6.07, 6.45) is 0.608. The molecule has 1 aromatic rings. The molecule has 4 heteroatoms. The Kier molecular flexibility index (Phi) is 3.83. The standard InChI is InChI=1S/C10H13F2NO/c1-13-6-5-7-3-4-8(11)9(12)10(7)14-2/h3-4,13H,5-6H2,1-2H3. The molecule has 0 radical (unpaired) electrons. The molecular formula is C10H13F2NO. The van der Waals surface area contributed by atoms with E-state index in [1.807, 2.05) is 0 Å². The van der Waals surface area contributed by atoms with Gasteiger partial charge in [-0.25, -0.2) is 4.39 Å². The van der Waals surface area contributed by atoms with E-state index in [9.17, 15) is 8.78 Å². The van der Waals surface area contributed by atoms with Crippen molar-refractivity contribution in [1.29, 1.82) is 0 Å². The van der Waals surface area contributed by atoms with Gasteiger partial charge < -0.3 is 10.1 Å². The lowest BCUT2D eigenvalue weighted by atomic mass is 10.1. The van der Waals surface area contributed by atoms with E-state index in [4.69, 9.17) is 4.74 Å². The molecule has 0 unspecified atom stereocenters. The number of likely N-dealkylation sites (N-methyl/N-ethyl adjacent to an activating group) is 1. The molecule has 0 saturated carbocycles. The summed E-state index contributed by atoms with van der Waals surface area (Å²) in [5, 5.41) is 2.93. The largest absolute Gasteiger partial charge is 0.493 e. The maximum atomic E-state index is 13.2. The molecule has 14 heavy (non-hydrogen) atoms. The summed E-state index contributed by atoms with van der Waals surface area (Å²) in [5.74, 6) is -1.79. The van der Waals surface area contributed by atoms with Crippen LogP contribution in [0.4, 0.5) is 8.78 Å². The normalized spacial score (nSPS) is 10.3. The maximum Gasteiger partial charge on any atom is 0.200 e. The second-order valence-corrected chi connectivity index (χ2v) is 2.91. The van der Waals surface area contributed by atoms with Crippen LogP contribution in [0.25, 0.3) is 0 Å². The van der Waals surface area contributed by atoms with Crippen molar-refractivity contribution in [1.82, 2.24) is 5.32 Å². The van der Waals surface area contributed by atoms with Crippen LogP contribution in [-0.2, 0) is 6.42 Å². The predicted molar refractivity (Wildman–Crippen MR) is 50.5 cm³/mol. The molecule has 1 rings (SSSR count). The highest BCUT2D eigenvalue weighted by Gasteiger charge is 2.13. The molecule has 0 aromatic heterocycles. The third-order valence-corrected chi connectivity index (χ3v) is 1.98. The molecule has 1 aromatic carbocycles. The average molecular weight is 201 g/mol. The van der Waals surface area contributed by atoms with Gasteiger partial charge in [0.2, 0.25) is 5.82 Å². The van der Waals surface area contributed by atoms with Gasteiger partial charge in [0.05, 0.1) is 7.11 Å². The van der Waals surface area contributed by atoms with Gasteiger partial charge in [-0.2, -0.15) is 4.39 Å². The van der Waals surface area contributed by atoms with Crippen LogP contribution in [0.5, 0.6) is 5.75 Å². The van der Waals surface area contributed by atoms with E-state index in [-0.39, 0.29) is 5.75 Å². The van der Waals surface area contributed by atoms with Crippen molar-refractivity contribution < 1.29 is 13.5 Å². The van der Waals surface area contributed by atoms with Gasteiger partial charge in [0.25, 0.3) is 0 Å². The second kappa shape index (κ2) is 4.91. The summed E-state index contributed by atoms with van der Waals surface area (Å²) in [6.45, 7) is 0.696. The lowest BCUT2D eigenvalue weighted by Crippen LogP contribution is -2.11. The van der Waals surface area contributed by atoms with Crippen molar-refractivity contribution in [2.45, 2.75) is 6.42 Å². The fourth-order valence-corrected chi connectivity index (χ4v) is 1.25. The number of ether oxygens (including phenoxy) is 1. The lowest BCUT2D eigenvalue weighted by Gasteiger charge is -2.09. The van der Waals surface area contributed by atoms with Gasteiger partial charge in [0.15, 0.2) is 11.6 Å². The van der Waals surface area contributed by atoms with Crippen molar-refractivity contribution in [2.75, 3.05) is 20.7 Å². The molecular weight excluding hydrogens is 188 g/mol. The molecule has 0 spiro atoms. The number of nitrogens with one attached hydrogen (secondary N) is 1. The SMILES string of the molecule is CNCCc1ccc(F)c(F)c1OC. The molecule has 0 amide bonds. The van der Waals surface area contributed by atoms with Gasteiger partial charge in [-0.1, -0.05) is 6.07 Å². The first-order valence-electron chi connectivity index (χ1n) is 4.36. The van der Waals surface area contributed by atoms with Crippen LogP contribution in [-0.4, -0.2) is 20.7 Å². The first-order chi connectivity index (χ1) is 6.70. The Bertz CT molecular complexity index is 315. The Hall–Kier alpha value is -1.16. The lowest BCUT2D eigenvalue weighted by molar-refractivity contribution is 0.366. The molecule has 0 aliphatic carbocycles. The summed E-state index contributed by atoms with van der Waals surface area (Å²) in [7, 11) is 3.13. The number of methoxy groups -OCH3 is 1. The third-order valence-electron chi connectivity index (χ3n) is 1.98. The van der Waals surface area contributed by atoms with E-state index in [0.717, 1.165) is 6.07 Å². The zero-order valence-electron chi connectivity index (χ0n) is 8.23. The molecule has 2 nitrogen and oxygen atoms in total. The summed E-state index contributed by atoms with van der Waals surface area (Å²) in [6, 6.07) is 2.65. The van der Waals surface area contributed by atoms with Crippen molar-refractivity contribution in [3.8, 4) is 5.75 Å². The van der Waals surface area contributed by atoms with Gasteiger partial charge in [-0.3, -0.25) is 0 Å². The highest BCUT2D eigenvalue weighted by atomic mass is 19.2. The van der Waals surface area contributed by atoms with Crippen molar-refractivity contribution in [2.24, 2.45) is 0 Å². The Balaban J connectivity index is 2.98. The summed E-state index contributed by atoms with van der Waals surface area (Å²) >= 11 is 0. The highest BCUT2D eigenvalue weighted by Crippen LogP contribution is 2.24. The Morgan fingerprint density at radius 3 is 2.64 bits per heavy atom. The number of rotatable bonds is 4. The van der Waals surface area contributed by atoms with Crippen molar-refractivity contribution in [3.63, 3.8) is 0 Å². The fraction of sp³-hybridized carbons (Fsp3) is 0.400. The molecule has 0 saturated heterocycles. The molecule has 0 atom stereocenters. The van der Waals surface area contributed by atoms with Crippen LogP contribution < -0.4 is 10.1 Å². The first-order valence-corrected chi connectivity index (χ1v) is 4.36. The minimum Gasteiger partial charge on any atom is -0.493 e. The van der Waals surface area contributed by atoms with Gasteiger partial charge in [0.1, 0.15) is 0 Å². The minimum atomic E-state index is -0.916. The number of hydrogen-bond acceptors (Lipinski definition) is 2. The molecule has 1 N–H and O–H groups in total. The van der Waals surface area contributed by atoms with Crippen LogP contribution in [0, 0.1) is 11.6 Å². The smallest absolute Gasteiger partial charge is 0.200 e. The Morgan fingerprint density at radius 2 is 2.07 bits per heavy atom. The zero-order chi connectivity index (χ0) is 10.6. The molecule has 0 heterocycles. The third kappa shape index (κ3) is 2.20. The Morgan fingerprint density at radius 1 is 1.36 bits per heavy atom. The van der Waals surface area contributed by atoms with Crippen LogP contribution in [0.2, 0.25) is 0 Å². The van der Waals surface area contributed by atoms with Gasteiger partial charge >= 0.3 is 0 Å². The van der Waals surface area contributed by atoms with E-state index in [1.165, 1.54) is 13.2 Å². The van der Waals surface area contributed by atoms with E-state index >= 15 is 0 Å². The van der Waals surface area contributed by atoms with E-state index < -0.39 is 11.6 Å². The van der Waals surface area contributed by atoms with E-state index in [1.54, 1.807) is 7.05 Å². The number of hydrogen-bond donors (Lipinski definition) is 1. The number of halogens is 2. The van der Waals surface area contributed by atoms with E-state index in [0.29, 0.717) is 18.5 Å². The van der Waals surface area contributed by atoms with Crippen molar-refractivity contribution in [3.05, 3.63) is 29.3 Å². The molecule has 0 bridgehead atoms. The quantitative estimate of drug-likeness (QED) is 0.801. The average Bonchev–Trinajstić information content (AvgIpc) is 2.20. The summed E-state index contributed by atoms with van der Waals surface area (Å²) in [4.78, 5) is 0. The van der Waals surface area contributed by atoms with Crippen molar-refractivity contribution >= 4 is 0 Å². The number of benzene rings is 1. The van der Waals surface area contributed by atoms with Crippen LogP contribution >= 0.6 is 0 Å². The predicted octanol–water partition coefficient (Wildman–Crippen LogP) is 1.74. The molecule has 0 fully saturated rings. The van der Waals surface area contributed by atoms with Crippen LogP contribution in [0.3, 0.4) is 0 Å². The molecule has 0 aliphatic heterocycles. The van der Waals surface area contributed by atoms with Crippen LogP contribution in [0.1, 0.15) is 5.56 Å². The topological polar surface area (TPSA) is 21.3 Å². The second-order valence-electron chi connectivity index (χ2n) is 2.91. The summed E-state index contributed by atoms with van der Waals surface area (Å²) < 4.78 is 30.8. The zero-order valence-corrected chi connectivity index (χ0v) is 8.23. The van der Waals surface area contributed by atoms with Gasteiger partial charge in [-0.05, 0) is 31.6 Å². The first kappa shape index (κ1) is 10.9. The van der Waals surface area contributed by atoms with Gasteiger partial charge in [-0.15, -0.1) is 0 Å². The van der Waals surface area contributed by atoms with Gasteiger partial charge in [0, 0.05) is 0 Å². The molecule has 78 valence electrons. The Labute approximate surface area is 81.9 Å². The summed E-state index contributed by atoms with van der Waals surface area (Å²) in [5.41, 5.74) is 0.667. The fourth-order valence-electron chi connectivity index (χ4n) is 1.25. The maximum absolute atomic E-state index is 13.2. The monoisotopic (exact) mass is 201 g/mol. The molecule has 0 aliphatic rings. The minimum absolute atomic E-state index is 0.000231. The highest BCUT2D eigenvalue weighted by molar-refractivity contribution is 5.35.